The lowest BCUT2D eigenvalue weighted by atomic mass is 10.0. The molecular formula is C8H19NO4S2. The van der Waals surface area contributed by atoms with Gasteiger partial charge in [-0.05, 0) is 5.92 Å². The average Bonchev–Trinajstić information content (AvgIpc) is 2.01. The van der Waals surface area contributed by atoms with Gasteiger partial charge < -0.3 is 0 Å². The first-order valence-electron chi connectivity index (χ1n) is 4.85. The summed E-state index contributed by atoms with van der Waals surface area (Å²) in [4.78, 5) is 0. The van der Waals surface area contributed by atoms with Gasteiger partial charge >= 0.3 is 0 Å². The molecule has 0 aliphatic rings. The molecule has 0 saturated heterocycles. The Balaban J connectivity index is 4.29. The Hall–Kier alpha value is -0.140. The zero-order chi connectivity index (χ0) is 12.1. The van der Waals surface area contributed by atoms with Crippen LogP contribution in [0.5, 0.6) is 0 Å². The molecule has 0 heterocycles. The molecule has 0 aromatic rings. The van der Waals surface area contributed by atoms with Gasteiger partial charge in [-0.25, -0.2) is 21.6 Å². The molecule has 0 rings (SSSR count). The van der Waals surface area contributed by atoms with Crippen molar-refractivity contribution in [1.82, 2.24) is 4.72 Å². The lowest BCUT2D eigenvalue weighted by Crippen LogP contribution is -2.33. The number of rotatable bonds is 7. The molecule has 0 aliphatic heterocycles. The number of hydrogen-bond donors (Lipinski definition) is 1. The van der Waals surface area contributed by atoms with Gasteiger partial charge in [0.2, 0.25) is 10.0 Å². The molecule has 15 heavy (non-hydrogen) atoms. The van der Waals surface area contributed by atoms with Crippen molar-refractivity contribution in [3.8, 4) is 0 Å². The van der Waals surface area contributed by atoms with Crippen molar-refractivity contribution in [3.63, 3.8) is 0 Å². The monoisotopic (exact) mass is 257 g/mol. The Morgan fingerprint density at radius 2 is 1.53 bits per heavy atom. The van der Waals surface area contributed by atoms with Crippen LogP contribution >= 0.6 is 0 Å². The third kappa shape index (κ3) is 7.75. The Morgan fingerprint density at radius 1 is 1.07 bits per heavy atom. The minimum Gasteiger partial charge on any atom is -0.228 e. The van der Waals surface area contributed by atoms with E-state index in [-0.39, 0.29) is 5.92 Å². The smallest absolute Gasteiger partial charge is 0.226 e. The molecule has 0 amide bonds. The van der Waals surface area contributed by atoms with Gasteiger partial charge in [0.15, 0.2) is 14.9 Å². The summed E-state index contributed by atoms with van der Waals surface area (Å²) in [5.41, 5.74) is 0. The Kier molecular flexibility index (Phi) is 5.76. The third-order valence-corrected chi connectivity index (χ3v) is 5.68. The van der Waals surface area contributed by atoms with Crippen molar-refractivity contribution in [2.24, 2.45) is 5.92 Å². The van der Waals surface area contributed by atoms with Gasteiger partial charge in [-0.2, -0.15) is 0 Å². The second kappa shape index (κ2) is 5.81. The van der Waals surface area contributed by atoms with Crippen LogP contribution in [-0.2, 0) is 19.9 Å². The standard InChI is InChI=1S/C8H19NO4S2/c1-4-8(5-2)6-9-15(12,13)7-14(3,10)11/h8-9H,4-7H2,1-3H3. The summed E-state index contributed by atoms with van der Waals surface area (Å²) in [6, 6.07) is 0. The van der Waals surface area contributed by atoms with Crippen molar-refractivity contribution in [3.05, 3.63) is 0 Å². The van der Waals surface area contributed by atoms with Crippen LogP contribution < -0.4 is 4.72 Å². The summed E-state index contributed by atoms with van der Waals surface area (Å²) < 4.78 is 46.5. The van der Waals surface area contributed by atoms with E-state index in [1.165, 1.54) is 0 Å². The van der Waals surface area contributed by atoms with Gasteiger partial charge in [-0.1, -0.05) is 26.7 Å². The summed E-state index contributed by atoms with van der Waals surface area (Å²) in [6.45, 7) is 4.25. The predicted molar refractivity (Wildman–Crippen MR) is 60.7 cm³/mol. The van der Waals surface area contributed by atoms with E-state index >= 15 is 0 Å². The fraction of sp³-hybridized carbons (Fsp3) is 1.00. The summed E-state index contributed by atoms with van der Waals surface area (Å²) >= 11 is 0. The van der Waals surface area contributed by atoms with E-state index in [0.717, 1.165) is 19.1 Å². The second-order valence-corrected chi connectivity index (χ2v) is 8.00. The molecule has 0 spiro atoms. The molecule has 7 heteroatoms. The predicted octanol–water partition coefficient (Wildman–Crippen LogP) is 0.344. The van der Waals surface area contributed by atoms with Crippen LogP contribution in [0.15, 0.2) is 0 Å². The SMILES string of the molecule is CCC(CC)CNS(=O)(=O)CS(C)(=O)=O. The van der Waals surface area contributed by atoms with Gasteiger partial charge in [0.25, 0.3) is 0 Å². The van der Waals surface area contributed by atoms with Gasteiger partial charge in [-0.3, -0.25) is 0 Å². The zero-order valence-electron chi connectivity index (χ0n) is 9.36. The minimum atomic E-state index is -3.69. The van der Waals surface area contributed by atoms with E-state index in [9.17, 15) is 16.8 Å². The molecule has 92 valence electrons. The molecule has 0 aromatic heterocycles. The highest BCUT2D eigenvalue weighted by Crippen LogP contribution is 2.06. The number of sulfonamides is 1. The molecule has 0 aliphatic carbocycles. The van der Waals surface area contributed by atoms with Crippen molar-refractivity contribution in [2.45, 2.75) is 26.7 Å². The summed E-state index contributed by atoms with van der Waals surface area (Å²) in [7, 11) is -7.19. The molecule has 1 N–H and O–H groups in total. The number of nitrogens with one attached hydrogen (secondary N) is 1. The highest BCUT2D eigenvalue weighted by atomic mass is 32.3. The maximum absolute atomic E-state index is 11.3. The molecule has 0 unspecified atom stereocenters. The van der Waals surface area contributed by atoms with E-state index < -0.39 is 24.9 Å². The highest BCUT2D eigenvalue weighted by Gasteiger charge is 2.18. The Labute approximate surface area is 92.2 Å². The van der Waals surface area contributed by atoms with E-state index in [0.29, 0.717) is 6.54 Å². The first-order valence-corrected chi connectivity index (χ1v) is 8.56. The molecule has 5 nitrogen and oxygen atoms in total. The topological polar surface area (TPSA) is 80.3 Å². The van der Waals surface area contributed by atoms with Crippen molar-refractivity contribution in [1.29, 1.82) is 0 Å². The summed E-state index contributed by atoms with van der Waals surface area (Å²) in [5.74, 6) is 0.263. The summed E-state index contributed by atoms with van der Waals surface area (Å²) in [5, 5.41) is -0.833. The van der Waals surface area contributed by atoms with Gasteiger partial charge in [0, 0.05) is 12.8 Å². The Morgan fingerprint density at radius 3 is 1.87 bits per heavy atom. The number of sulfone groups is 1. The first-order chi connectivity index (χ1) is 6.70. The highest BCUT2D eigenvalue weighted by molar-refractivity contribution is 8.06. The van der Waals surface area contributed by atoms with Gasteiger partial charge in [-0.15, -0.1) is 0 Å². The molecular weight excluding hydrogens is 238 g/mol. The maximum Gasteiger partial charge on any atom is 0.226 e. The van der Waals surface area contributed by atoms with Crippen LogP contribution in [0.4, 0.5) is 0 Å². The Bertz CT molecular complexity index is 367. The van der Waals surface area contributed by atoms with Crippen LogP contribution in [-0.4, -0.2) is 34.7 Å². The number of hydrogen-bond acceptors (Lipinski definition) is 4. The van der Waals surface area contributed by atoms with E-state index in [1.807, 2.05) is 13.8 Å². The van der Waals surface area contributed by atoms with Crippen molar-refractivity contribution in [2.75, 3.05) is 17.9 Å². The molecule has 0 atom stereocenters. The van der Waals surface area contributed by atoms with Crippen molar-refractivity contribution >= 4 is 19.9 Å². The first kappa shape index (κ1) is 14.9. The van der Waals surface area contributed by atoms with E-state index in [2.05, 4.69) is 4.72 Å². The quantitative estimate of drug-likeness (QED) is 0.713. The van der Waals surface area contributed by atoms with Crippen LogP contribution in [0.2, 0.25) is 0 Å². The largest absolute Gasteiger partial charge is 0.228 e. The van der Waals surface area contributed by atoms with Crippen LogP contribution in [0.1, 0.15) is 26.7 Å². The molecule has 0 bridgehead atoms. The van der Waals surface area contributed by atoms with Gasteiger partial charge in [0.05, 0.1) is 0 Å². The minimum absolute atomic E-state index is 0.263. The lowest BCUT2D eigenvalue weighted by Gasteiger charge is -2.12. The van der Waals surface area contributed by atoms with Crippen LogP contribution in [0.25, 0.3) is 0 Å². The fourth-order valence-corrected chi connectivity index (χ4v) is 4.22. The molecule has 0 fully saturated rings. The van der Waals surface area contributed by atoms with Crippen molar-refractivity contribution < 1.29 is 16.8 Å². The van der Waals surface area contributed by atoms with E-state index in [1.54, 1.807) is 0 Å². The lowest BCUT2D eigenvalue weighted by molar-refractivity contribution is 0.479. The second-order valence-electron chi connectivity index (χ2n) is 3.69. The molecule has 0 saturated carbocycles. The average molecular weight is 257 g/mol. The summed E-state index contributed by atoms with van der Waals surface area (Å²) in [6.07, 6.45) is 2.65. The van der Waals surface area contributed by atoms with Crippen LogP contribution in [0, 0.1) is 5.92 Å². The van der Waals surface area contributed by atoms with Crippen LogP contribution in [0.3, 0.4) is 0 Å². The normalized spacial score (nSPS) is 13.3. The fourth-order valence-electron chi connectivity index (χ4n) is 1.15. The zero-order valence-corrected chi connectivity index (χ0v) is 11.0. The molecule has 0 aromatic carbocycles. The third-order valence-electron chi connectivity index (χ3n) is 2.12. The van der Waals surface area contributed by atoms with E-state index in [4.69, 9.17) is 0 Å². The maximum atomic E-state index is 11.3. The molecule has 0 radical (unpaired) electrons. The van der Waals surface area contributed by atoms with Gasteiger partial charge in [0.1, 0.15) is 0 Å².